The van der Waals surface area contributed by atoms with Gasteiger partial charge in [0, 0.05) is 0 Å². The number of benzene rings is 2. The summed E-state index contributed by atoms with van der Waals surface area (Å²) in [6.45, 7) is 4.20. The Labute approximate surface area is 166 Å². The van der Waals surface area contributed by atoms with Crippen LogP contribution in [0.15, 0.2) is 60.7 Å². The second-order valence-electron chi connectivity index (χ2n) is 6.61. The van der Waals surface area contributed by atoms with Gasteiger partial charge in [0.25, 0.3) is 0 Å². The van der Waals surface area contributed by atoms with Crippen molar-refractivity contribution in [2.75, 3.05) is 19.8 Å². The standard InChI is InChI=1S/C23H33O3P/c1-2-19-24-27(25-20-11-9-17-22-13-5-3-6-14-22)26-21-12-10-18-23-15-7-4-8-16-23/h3-8,13-16H,2,9-12,17-21H2,1H3. The molecule has 0 amide bonds. The Bertz CT molecular complexity index is 527. The van der Waals surface area contributed by atoms with Crippen molar-refractivity contribution in [1.82, 2.24) is 0 Å². The average Bonchev–Trinajstić information content (AvgIpc) is 2.72. The molecule has 0 bridgehead atoms. The Morgan fingerprint density at radius 3 is 1.48 bits per heavy atom. The van der Waals surface area contributed by atoms with E-state index in [4.69, 9.17) is 13.6 Å². The second-order valence-corrected chi connectivity index (χ2v) is 7.83. The zero-order valence-corrected chi connectivity index (χ0v) is 17.4. The molecule has 0 atom stereocenters. The van der Waals surface area contributed by atoms with Gasteiger partial charge in [0.15, 0.2) is 0 Å². The molecule has 0 spiro atoms. The molecule has 0 saturated heterocycles. The maximum absolute atomic E-state index is 5.87. The van der Waals surface area contributed by atoms with Crippen LogP contribution in [0.25, 0.3) is 0 Å². The van der Waals surface area contributed by atoms with Crippen molar-refractivity contribution in [3.63, 3.8) is 0 Å². The van der Waals surface area contributed by atoms with Crippen molar-refractivity contribution in [2.45, 2.75) is 51.9 Å². The van der Waals surface area contributed by atoms with Gasteiger partial charge in [-0.3, -0.25) is 0 Å². The fourth-order valence-corrected chi connectivity index (χ4v) is 3.82. The number of hydrogen-bond donors (Lipinski definition) is 0. The molecule has 0 fully saturated rings. The van der Waals surface area contributed by atoms with Crippen LogP contribution in [0.2, 0.25) is 0 Å². The summed E-state index contributed by atoms with van der Waals surface area (Å²) in [5.41, 5.74) is 2.77. The molecule has 2 aromatic rings. The molecule has 4 heteroatoms. The molecule has 0 unspecified atom stereocenters. The Morgan fingerprint density at radius 1 is 0.593 bits per heavy atom. The highest BCUT2D eigenvalue weighted by atomic mass is 31.2. The van der Waals surface area contributed by atoms with E-state index in [1.54, 1.807) is 0 Å². The first-order valence-corrected chi connectivity index (χ1v) is 11.2. The lowest BCUT2D eigenvalue weighted by atomic mass is 10.1. The van der Waals surface area contributed by atoms with E-state index in [1.165, 1.54) is 11.1 Å². The van der Waals surface area contributed by atoms with Crippen LogP contribution in [0, 0.1) is 0 Å². The quantitative estimate of drug-likeness (QED) is 0.250. The van der Waals surface area contributed by atoms with Gasteiger partial charge in [0.2, 0.25) is 0 Å². The van der Waals surface area contributed by atoms with Gasteiger partial charge in [0.1, 0.15) is 0 Å². The summed E-state index contributed by atoms with van der Waals surface area (Å²) in [4.78, 5) is 0. The monoisotopic (exact) mass is 388 g/mol. The van der Waals surface area contributed by atoms with E-state index in [2.05, 4.69) is 67.6 Å². The van der Waals surface area contributed by atoms with Gasteiger partial charge < -0.3 is 13.6 Å². The van der Waals surface area contributed by atoms with Gasteiger partial charge >= 0.3 is 8.60 Å². The fourth-order valence-electron chi connectivity index (χ4n) is 2.71. The van der Waals surface area contributed by atoms with Crippen LogP contribution in [0.3, 0.4) is 0 Å². The molecule has 0 aliphatic rings. The normalized spacial score (nSPS) is 11.2. The fraction of sp³-hybridized carbons (Fsp3) is 0.478. The Balaban J connectivity index is 1.55. The predicted octanol–water partition coefficient (Wildman–Crippen LogP) is 6.72. The van der Waals surface area contributed by atoms with Crippen molar-refractivity contribution in [3.8, 4) is 0 Å². The minimum absolute atomic E-state index is 0.694. The Hall–Kier alpha value is -1.25. The van der Waals surface area contributed by atoms with Gasteiger partial charge in [-0.05, 0) is 56.1 Å². The maximum atomic E-state index is 5.87. The predicted molar refractivity (Wildman–Crippen MR) is 114 cm³/mol. The van der Waals surface area contributed by atoms with E-state index in [0.717, 1.165) is 44.9 Å². The molecule has 2 rings (SSSR count). The molecule has 0 radical (unpaired) electrons. The summed E-state index contributed by atoms with van der Waals surface area (Å²) in [7, 11) is -1.21. The molecule has 3 nitrogen and oxygen atoms in total. The van der Waals surface area contributed by atoms with Gasteiger partial charge in [-0.25, -0.2) is 0 Å². The SMILES string of the molecule is CCCOP(OCCCCc1ccccc1)OCCCCc1ccccc1. The molecule has 2 aromatic carbocycles. The minimum Gasteiger partial charge on any atom is -0.312 e. The number of aryl methyl sites for hydroxylation is 2. The van der Waals surface area contributed by atoms with Crippen LogP contribution >= 0.6 is 8.60 Å². The molecule has 0 saturated carbocycles. The van der Waals surface area contributed by atoms with Gasteiger partial charge in [0.05, 0.1) is 19.8 Å². The topological polar surface area (TPSA) is 27.7 Å². The van der Waals surface area contributed by atoms with E-state index < -0.39 is 8.60 Å². The highest BCUT2D eigenvalue weighted by molar-refractivity contribution is 7.41. The smallest absolute Gasteiger partial charge is 0.312 e. The maximum Gasteiger partial charge on any atom is 0.332 e. The van der Waals surface area contributed by atoms with Gasteiger partial charge in [-0.2, -0.15) is 0 Å². The van der Waals surface area contributed by atoms with E-state index in [0.29, 0.717) is 19.8 Å². The zero-order chi connectivity index (χ0) is 19.0. The molecule has 27 heavy (non-hydrogen) atoms. The van der Waals surface area contributed by atoms with E-state index in [9.17, 15) is 0 Å². The lowest BCUT2D eigenvalue weighted by molar-refractivity contribution is 0.156. The largest absolute Gasteiger partial charge is 0.332 e. The summed E-state index contributed by atoms with van der Waals surface area (Å²) < 4.78 is 17.5. The molecule has 0 aliphatic heterocycles. The first-order valence-electron chi connectivity index (χ1n) is 10.1. The molecule has 148 valence electrons. The van der Waals surface area contributed by atoms with Crippen LogP contribution in [0.1, 0.15) is 50.2 Å². The number of unbranched alkanes of at least 4 members (excludes halogenated alkanes) is 2. The van der Waals surface area contributed by atoms with E-state index >= 15 is 0 Å². The third-order valence-corrected chi connectivity index (χ3v) is 5.38. The van der Waals surface area contributed by atoms with Crippen molar-refractivity contribution < 1.29 is 13.6 Å². The third-order valence-electron chi connectivity index (χ3n) is 4.20. The summed E-state index contributed by atoms with van der Waals surface area (Å²) in [5.74, 6) is 0. The van der Waals surface area contributed by atoms with Crippen molar-refractivity contribution in [1.29, 1.82) is 0 Å². The third kappa shape index (κ3) is 10.6. The Morgan fingerprint density at radius 2 is 1.04 bits per heavy atom. The number of rotatable bonds is 15. The molecular formula is C23H33O3P. The number of hydrogen-bond acceptors (Lipinski definition) is 3. The highest BCUT2D eigenvalue weighted by Crippen LogP contribution is 2.40. The summed E-state index contributed by atoms with van der Waals surface area (Å²) in [6, 6.07) is 21.2. The lowest BCUT2D eigenvalue weighted by Gasteiger charge is -2.16. The molecule has 0 N–H and O–H groups in total. The van der Waals surface area contributed by atoms with E-state index in [-0.39, 0.29) is 0 Å². The van der Waals surface area contributed by atoms with E-state index in [1.807, 2.05) is 0 Å². The lowest BCUT2D eigenvalue weighted by Crippen LogP contribution is -2.00. The van der Waals surface area contributed by atoms with Gasteiger partial charge in [-0.1, -0.05) is 67.6 Å². The average molecular weight is 388 g/mol. The van der Waals surface area contributed by atoms with Gasteiger partial charge in [-0.15, -0.1) is 0 Å². The highest BCUT2D eigenvalue weighted by Gasteiger charge is 2.11. The minimum atomic E-state index is -1.21. The van der Waals surface area contributed by atoms with Crippen LogP contribution in [-0.2, 0) is 26.4 Å². The van der Waals surface area contributed by atoms with Crippen LogP contribution in [0.5, 0.6) is 0 Å². The molecule has 0 heterocycles. The van der Waals surface area contributed by atoms with Crippen molar-refractivity contribution in [2.24, 2.45) is 0 Å². The molecule has 0 aromatic heterocycles. The summed E-state index contributed by atoms with van der Waals surface area (Å²) in [5, 5.41) is 0. The van der Waals surface area contributed by atoms with Crippen molar-refractivity contribution in [3.05, 3.63) is 71.8 Å². The van der Waals surface area contributed by atoms with Crippen LogP contribution in [-0.4, -0.2) is 19.8 Å². The first kappa shape index (κ1) is 22.0. The Kier molecular flexibility index (Phi) is 12.1. The first-order chi connectivity index (χ1) is 13.4. The van der Waals surface area contributed by atoms with Crippen LogP contribution < -0.4 is 0 Å². The second kappa shape index (κ2) is 14.8. The zero-order valence-electron chi connectivity index (χ0n) is 16.5. The summed E-state index contributed by atoms with van der Waals surface area (Å²) in [6.07, 6.45) is 7.47. The molecular weight excluding hydrogens is 355 g/mol. The summed E-state index contributed by atoms with van der Waals surface area (Å²) >= 11 is 0. The van der Waals surface area contributed by atoms with Crippen molar-refractivity contribution >= 4 is 8.60 Å². The van der Waals surface area contributed by atoms with Crippen LogP contribution in [0.4, 0.5) is 0 Å². The molecule has 0 aliphatic carbocycles.